The quantitative estimate of drug-likeness (QED) is 0.585. The zero-order valence-electron chi connectivity index (χ0n) is 7.23. The third-order valence-corrected chi connectivity index (χ3v) is 1.24. The van der Waals surface area contributed by atoms with Crippen LogP contribution >= 0.6 is 0 Å². The van der Waals surface area contributed by atoms with E-state index in [1.165, 1.54) is 13.8 Å². The third-order valence-electron chi connectivity index (χ3n) is 1.24. The van der Waals surface area contributed by atoms with Gasteiger partial charge in [0.2, 0.25) is 0 Å². The van der Waals surface area contributed by atoms with Crippen molar-refractivity contribution in [3.63, 3.8) is 0 Å². The van der Waals surface area contributed by atoms with Gasteiger partial charge in [0.15, 0.2) is 6.10 Å². The number of ether oxygens (including phenoxy) is 2. The van der Waals surface area contributed by atoms with Crippen LogP contribution in [0.1, 0.15) is 13.8 Å². The largest absolute Gasteiger partial charge is 0.467 e. The first-order valence-electron chi connectivity index (χ1n) is 3.42. The maximum Gasteiger partial charge on any atom is 0.338 e. The van der Waals surface area contributed by atoms with Crippen LogP contribution in [-0.4, -0.2) is 36.4 Å². The van der Waals surface area contributed by atoms with Crippen molar-refractivity contribution < 1.29 is 24.2 Å². The van der Waals surface area contributed by atoms with E-state index >= 15 is 0 Å². The number of carbonyl (C=O) groups excluding carboxylic acids is 2. The molecule has 0 saturated heterocycles. The first-order valence-corrected chi connectivity index (χ1v) is 3.42. The van der Waals surface area contributed by atoms with Crippen molar-refractivity contribution in [3.8, 4) is 0 Å². The van der Waals surface area contributed by atoms with Gasteiger partial charge in [-0.15, -0.1) is 0 Å². The summed E-state index contributed by atoms with van der Waals surface area (Å²) < 4.78 is 8.78. The summed E-state index contributed by atoms with van der Waals surface area (Å²) in [5.41, 5.74) is 0. The normalized spacial score (nSPS) is 14.7. The van der Waals surface area contributed by atoms with Crippen molar-refractivity contribution in [1.29, 1.82) is 0 Å². The lowest BCUT2D eigenvalue weighted by Gasteiger charge is -2.15. The van der Waals surface area contributed by atoms with Gasteiger partial charge in [-0.05, 0) is 6.92 Å². The summed E-state index contributed by atoms with van der Waals surface area (Å²) in [5, 5.41) is 9.08. The van der Waals surface area contributed by atoms with Crippen LogP contribution in [0.5, 0.6) is 0 Å². The fourth-order valence-electron chi connectivity index (χ4n) is 0.639. The Morgan fingerprint density at radius 2 is 1.92 bits per heavy atom. The Labute approximate surface area is 70.3 Å². The average molecular weight is 176 g/mol. The highest BCUT2D eigenvalue weighted by Gasteiger charge is 2.25. The minimum absolute atomic E-state index is 0.551. The number of rotatable bonds is 3. The van der Waals surface area contributed by atoms with Crippen LogP contribution in [0.2, 0.25) is 0 Å². The van der Waals surface area contributed by atoms with E-state index in [1.54, 1.807) is 0 Å². The van der Waals surface area contributed by atoms with Crippen molar-refractivity contribution in [2.45, 2.75) is 26.1 Å². The van der Waals surface area contributed by atoms with E-state index in [0.717, 1.165) is 7.11 Å². The Hall–Kier alpha value is -1.10. The first-order chi connectivity index (χ1) is 5.49. The van der Waals surface area contributed by atoms with Crippen molar-refractivity contribution in [1.82, 2.24) is 0 Å². The Balaban J connectivity index is 4.00. The monoisotopic (exact) mass is 176 g/mol. The van der Waals surface area contributed by atoms with E-state index < -0.39 is 24.1 Å². The third kappa shape index (κ3) is 3.34. The van der Waals surface area contributed by atoms with Gasteiger partial charge in [0.25, 0.3) is 0 Å². The Morgan fingerprint density at radius 3 is 2.25 bits per heavy atom. The average Bonchev–Trinajstić information content (AvgIpc) is 2.00. The summed E-state index contributed by atoms with van der Waals surface area (Å²) in [6, 6.07) is 0. The second-order valence-corrected chi connectivity index (χ2v) is 2.28. The molecule has 0 rings (SSSR count). The van der Waals surface area contributed by atoms with Gasteiger partial charge in [-0.3, -0.25) is 4.79 Å². The summed E-state index contributed by atoms with van der Waals surface area (Å²) >= 11 is 0. The molecule has 0 unspecified atom stereocenters. The second-order valence-electron chi connectivity index (χ2n) is 2.28. The van der Waals surface area contributed by atoms with Crippen molar-refractivity contribution in [2.75, 3.05) is 7.11 Å². The predicted molar refractivity (Wildman–Crippen MR) is 39.3 cm³/mol. The number of esters is 2. The zero-order valence-corrected chi connectivity index (χ0v) is 7.23. The van der Waals surface area contributed by atoms with Gasteiger partial charge in [-0.2, -0.15) is 0 Å². The van der Waals surface area contributed by atoms with E-state index in [-0.39, 0.29) is 0 Å². The number of aliphatic hydroxyl groups is 1. The number of aliphatic hydroxyl groups excluding tert-OH is 1. The van der Waals surface area contributed by atoms with E-state index in [9.17, 15) is 9.59 Å². The van der Waals surface area contributed by atoms with Crippen LogP contribution in [0.3, 0.4) is 0 Å². The topological polar surface area (TPSA) is 72.8 Å². The van der Waals surface area contributed by atoms with Crippen LogP contribution in [0.25, 0.3) is 0 Å². The molecular weight excluding hydrogens is 164 g/mol. The molecule has 0 aromatic rings. The first kappa shape index (κ1) is 10.9. The van der Waals surface area contributed by atoms with Crippen LogP contribution in [-0.2, 0) is 19.1 Å². The molecule has 1 N–H and O–H groups in total. The summed E-state index contributed by atoms with van der Waals surface area (Å²) in [7, 11) is 1.14. The van der Waals surface area contributed by atoms with Gasteiger partial charge < -0.3 is 14.6 Å². The van der Waals surface area contributed by atoms with Gasteiger partial charge >= 0.3 is 11.9 Å². The molecule has 5 heteroatoms. The molecule has 12 heavy (non-hydrogen) atoms. The molecular formula is C7H12O5. The molecule has 0 aromatic heterocycles. The molecule has 0 spiro atoms. The molecule has 0 saturated carbocycles. The predicted octanol–water partition coefficient (Wildman–Crippen LogP) is -0.528. The summed E-state index contributed by atoms with van der Waals surface area (Å²) in [6.07, 6.45) is -2.30. The molecule has 0 fully saturated rings. The maximum absolute atomic E-state index is 10.7. The molecule has 0 aliphatic carbocycles. The SMILES string of the molecule is COC(=O)[C@@H](O)[C@@H](C)OC(C)=O. The highest BCUT2D eigenvalue weighted by molar-refractivity contribution is 5.75. The molecule has 0 bridgehead atoms. The fraction of sp³-hybridized carbons (Fsp3) is 0.714. The van der Waals surface area contributed by atoms with Gasteiger partial charge in [-0.25, -0.2) is 4.79 Å². The number of carbonyl (C=O) groups is 2. The molecule has 70 valence electrons. The van der Waals surface area contributed by atoms with E-state index in [4.69, 9.17) is 5.11 Å². The highest BCUT2D eigenvalue weighted by atomic mass is 16.6. The lowest BCUT2D eigenvalue weighted by atomic mass is 10.2. The van der Waals surface area contributed by atoms with E-state index in [0.29, 0.717) is 0 Å². The molecule has 0 radical (unpaired) electrons. The summed E-state index contributed by atoms with van der Waals surface area (Å²) in [5.74, 6) is -1.37. The van der Waals surface area contributed by atoms with Crippen molar-refractivity contribution in [3.05, 3.63) is 0 Å². The van der Waals surface area contributed by atoms with Crippen molar-refractivity contribution >= 4 is 11.9 Å². The number of methoxy groups -OCH3 is 1. The van der Waals surface area contributed by atoms with Crippen LogP contribution in [0.15, 0.2) is 0 Å². The number of hydrogen-bond donors (Lipinski definition) is 1. The van der Waals surface area contributed by atoms with Gasteiger partial charge in [0, 0.05) is 6.92 Å². The fourth-order valence-corrected chi connectivity index (χ4v) is 0.639. The molecule has 0 amide bonds. The molecule has 0 aliphatic heterocycles. The molecule has 0 heterocycles. The maximum atomic E-state index is 10.7. The van der Waals surface area contributed by atoms with Crippen LogP contribution < -0.4 is 0 Å². The smallest absolute Gasteiger partial charge is 0.338 e. The molecule has 0 aromatic carbocycles. The minimum Gasteiger partial charge on any atom is -0.467 e. The molecule has 2 atom stereocenters. The van der Waals surface area contributed by atoms with Gasteiger partial charge in [-0.1, -0.05) is 0 Å². The zero-order chi connectivity index (χ0) is 9.72. The van der Waals surface area contributed by atoms with E-state index in [1.807, 2.05) is 0 Å². The highest BCUT2D eigenvalue weighted by Crippen LogP contribution is 2.00. The Morgan fingerprint density at radius 1 is 1.42 bits per heavy atom. The molecule has 0 aliphatic rings. The summed E-state index contributed by atoms with van der Waals surface area (Å²) in [6.45, 7) is 2.60. The van der Waals surface area contributed by atoms with Crippen LogP contribution in [0.4, 0.5) is 0 Å². The van der Waals surface area contributed by atoms with Crippen LogP contribution in [0, 0.1) is 0 Å². The standard InChI is InChI=1S/C7H12O5/c1-4(12-5(2)8)6(9)7(10)11-3/h4,6,9H,1-3H3/t4-,6+/m1/s1. The Bertz CT molecular complexity index is 177. The number of hydrogen-bond acceptors (Lipinski definition) is 5. The lowest BCUT2D eigenvalue weighted by molar-refractivity contribution is -0.164. The Kier molecular flexibility index (Phi) is 4.28. The van der Waals surface area contributed by atoms with Gasteiger partial charge in [0.05, 0.1) is 7.11 Å². The lowest BCUT2D eigenvalue weighted by Crippen LogP contribution is -2.35. The second kappa shape index (κ2) is 4.71. The molecule has 5 nitrogen and oxygen atoms in total. The van der Waals surface area contributed by atoms with Crippen molar-refractivity contribution in [2.24, 2.45) is 0 Å². The van der Waals surface area contributed by atoms with Gasteiger partial charge in [0.1, 0.15) is 6.10 Å². The van der Waals surface area contributed by atoms with E-state index in [2.05, 4.69) is 9.47 Å². The summed E-state index contributed by atoms with van der Waals surface area (Å²) in [4.78, 5) is 21.1. The minimum atomic E-state index is -1.42.